The van der Waals surface area contributed by atoms with Crippen LogP contribution in [0.2, 0.25) is 0 Å². The molecule has 0 heterocycles. The average Bonchev–Trinajstić information content (AvgIpc) is 3.32. The van der Waals surface area contributed by atoms with Gasteiger partial charge in [0.1, 0.15) is 0 Å². The predicted octanol–water partition coefficient (Wildman–Crippen LogP) is 21.3. The number of rotatable bonds is 12. The molecule has 0 radical (unpaired) electrons. The van der Waals surface area contributed by atoms with Gasteiger partial charge in [-0.15, -0.1) is 0 Å². The van der Waals surface area contributed by atoms with Gasteiger partial charge in [-0.3, -0.25) is 0 Å². The Balaban J connectivity index is 0.000000294. The molecule has 376 valence electrons. The lowest BCUT2D eigenvalue weighted by Gasteiger charge is -2.28. The number of hydrogen-bond donors (Lipinski definition) is 0. The lowest BCUT2D eigenvalue weighted by molar-refractivity contribution is 0.443. The molecule has 0 spiro atoms. The Labute approximate surface area is 423 Å². The van der Waals surface area contributed by atoms with Gasteiger partial charge in [-0.05, 0) is 162 Å². The second-order valence-corrected chi connectivity index (χ2v) is 23.9. The molecule has 0 saturated heterocycles. The van der Waals surface area contributed by atoms with Gasteiger partial charge in [-0.1, -0.05) is 263 Å². The average molecular weight is 922 g/mol. The standard InChI is InChI=1S/C17H26.2C14H22.C12H18.C11H16/c1-4-17(2,3)16-12-10-15(11-13-16)14-8-6-5-7-9-14;1-7-14(5,6)13-11(3)8-10(2)9-12(13)4;1-6-14(4,5)13-9-7-12(8-10-13)11(2)3;1-5-12(3,4)11-8-6-10(2)7-9-11;1-4-11(2,3)10-8-6-5-7-9-10/h10-14H,4-9H2,1-3H3;8-9H,7H2,1-6H3;7-11H,6H2,1-5H3;6-9H,5H2,1-4H3;5-9H,4H2,1-3H3. The van der Waals surface area contributed by atoms with E-state index in [-0.39, 0.29) is 0 Å². The third-order valence-corrected chi connectivity index (χ3v) is 16.3. The maximum Gasteiger partial charge on any atom is -0.0101 e. The van der Waals surface area contributed by atoms with Crippen LogP contribution in [-0.2, 0) is 27.1 Å². The Kier molecular flexibility index (Phi) is 24.3. The van der Waals surface area contributed by atoms with Crippen LogP contribution in [0.1, 0.15) is 255 Å². The number of aryl methyl sites for hydroxylation is 4. The molecule has 1 fully saturated rings. The Morgan fingerprint density at radius 3 is 1.09 bits per heavy atom. The molecule has 5 aromatic rings. The maximum atomic E-state index is 2.38. The van der Waals surface area contributed by atoms with Crippen LogP contribution in [0.15, 0.2) is 115 Å². The third-order valence-electron chi connectivity index (χ3n) is 16.3. The second-order valence-electron chi connectivity index (χ2n) is 23.9. The highest BCUT2D eigenvalue weighted by Crippen LogP contribution is 2.36. The van der Waals surface area contributed by atoms with E-state index in [0.717, 1.165) is 5.92 Å². The van der Waals surface area contributed by atoms with Gasteiger partial charge in [-0.2, -0.15) is 0 Å². The van der Waals surface area contributed by atoms with E-state index in [4.69, 9.17) is 0 Å². The molecule has 1 aliphatic carbocycles. The highest BCUT2D eigenvalue weighted by Gasteiger charge is 2.23. The summed E-state index contributed by atoms with van der Waals surface area (Å²) in [5, 5.41) is 0. The van der Waals surface area contributed by atoms with Crippen molar-refractivity contribution < 1.29 is 0 Å². The third kappa shape index (κ3) is 18.8. The molecule has 0 unspecified atom stereocenters. The van der Waals surface area contributed by atoms with Gasteiger partial charge in [-0.25, -0.2) is 0 Å². The van der Waals surface area contributed by atoms with Crippen LogP contribution >= 0.6 is 0 Å². The zero-order chi connectivity index (χ0) is 51.5. The molecule has 0 amide bonds. The summed E-state index contributed by atoms with van der Waals surface area (Å²) in [6, 6.07) is 42.6. The second kappa shape index (κ2) is 27.5. The van der Waals surface area contributed by atoms with Crippen LogP contribution in [0.25, 0.3) is 0 Å². The normalized spacial score (nSPS) is 13.4. The molecule has 0 bridgehead atoms. The van der Waals surface area contributed by atoms with E-state index in [1.54, 1.807) is 5.56 Å². The molecule has 0 aromatic heterocycles. The molecular weight excluding hydrogens is 817 g/mol. The molecule has 0 aliphatic heterocycles. The summed E-state index contributed by atoms with van der Waals surface area (Å²) < 4.78 is 0. The zero-order valence-corrected chi connectivity index (χ0v) is 48.2. The Morgan fingerprint density at radius 2 is 0.735 bits per heavy atom. The van der Waals surface area contributed by atoms with Gasteiger partial charge in [0.2, 0.25) is 0 Å². The first kappa shape index (κ1) is 60.2. The van der Waals surface area contributed by atoms with Crippen molar-refractivity contribution >= 4 is 0 Å². The van der Waals surface area contributed by atoms with E-state index in [1.165, 1.54) is 120 Å². The highest BCUT2D eigenvalue weighted by atomic mass is 14.3. The Bertz CT molecular complexity index is 2100. The van der Waals surface area contributed by atoms with Gasteiger partial charge in [0, 0.05) is 0 Å². The van der Waals surface area contributed by atoms with Crippen molar-refractivity contribution in [2.75, 3.05) is 0 Å². The smallest absolute Gasteiger partial charge is 0.0101 e. The minimum Gasteiger partial charge on any atom is -0.0646 e. The van der Waals surface area contributed by atoms with Gasteiger partial charge in [0.15, 0.2) is 0 Å². The van der Waals surface area contributed by atoms with Crippen LogP contribution in [-0.4, -0.2) is 0 Å². The van der Waals surface area contributed by atoms with Crippen molar-refractivity contribution in [1.82, 2.24) is 0 Å². The molecule has 6 rings (SSSR count). The largest absolute Gasteiger partial charge is 0.0646 e. The summed E-state index contributed by atoms with van der Waals surface area (Å²) >= 11 is 0. The molecule has 0 N–H and O–H groups in total. The summed E-state index contributed by atoms with van der Waals surface area (Å²) in [6.07, 6.45) is 13.1. The number of benzene rings is 5. The monoisotopic (exact) mass is 921 g/mol. The summed E-state index contributed by atoms with van der Waals surface area (Å²) in [7, 11) is 0. The van der Waals surface area contributed by atoms with E-state index < -0.39 is 0 Å². The van der Waals surface area contributed by atoms with E-state index >= 15 is 0 Å². The SMILES string of the molecule is CCC(C)(C)c1c(C)cc(C)cc1C.CCC(C)(C)c1ccc(C(C)C)cc1.CCC(C)(C)c1ccc(C)cc1.CCC(C)(C)c1ccc(C2CCCCC2)cc1.CCC(C)(C)c1ccccc1. The van der Waals surface area contributed by atoms with Crippen molar-refractivity contribution in [3.05, 3.63) is 176 Å². The lowest BCUT2D eigenvalue weighted by atomic mass is 9.77. The summed E-state index contributed by atoms with van der Waals surface area (Å²) in [6.45, 7) is 47.6. The van der Waals surface area contributed by atoms with Crippen LogP contribution < -0.4 is 0 Å². The number of hydrogen-bond acceptors (Lipinski definition) is 0. The summed E-state index contributed by atoms with van der Waals surface area (Å²) in [5.41, 5.74) is 17.5. The molecule has 1 aliphatic rings. The van der Waals surface area contributed by atoms with Gasteiger partial charge >= 0.3 is 0 Å². The first-order chi connectivity index (χ1) is 31.7. The van der Waals surface area contributed by atoms with Crippen molar-refractivity contribution in [2.24, 2.45) is 0 Å². The van der Waals surface area contributed by atoms with E-state index in [9.17, 15) is 0 Å². The van der Waals surface area contributed by atoms with E-state index in [2.05, 4.69) is 261 Å². The summed E-state index contributed by atoms with van der Waals surface area (Å²) in [5.74, 6) is 1.47. The fraction of sp³-hybridized carbons (Fsp3) is 0.559. The summed E-state index contributed by atoms with van der Waals surface area (Å²) in [4.78, 5) is 0. The van der Waals surface area contributed by atoms with Crippen molar-refractivity contribution in [2.45, 2.75) is 249 Å². The first-order valence-corrected chi connectivity index (χ1v) is 27.1. The first-order valence-electron chi connectivity index (χ1n) is 27.1. The zero-order valence-electron chi connectivity index (χ0n) is 48.2. The Hall–Kier alpha value is -3.90. The predicted molar refractivity (Wildman–Crippen MR) is 308 cm³/mol. The highest BCUT2D eigenvalue weighted by molar-refractivity contribution is 5.42. The maximum absolute atomic E-state index is 2.38. The lowest BCUT2D eigenvalue weighted by Crippen LogP contribution is -2.18. The van der Waals surface area contributed by atoms with Crippen molar-refractivity contribution in [1.29, 1.82) is 0 Å². The fourth-order valence-electron chi connectivity index (χ4n) is 9.10. The van der Waals surface area contributed by atoms with Crippen LogP contribution in [0, 0.1) is 27.7 Å². The Morgan fingerprint density at radius 1 is 0.397 bits per heavy atom. The van der Waals surface area contributed by atoms with Crippen LogP contribution in [0.4, 0.5) is 0 Å². The van der Waals surface area contributed by atoms with Gasteiger partial charge in [0.05, 0.1) is 0 Å². The quantitative estimate of drug-likeness (QED) is 0.117. The van der Waals surface area contributed by atoms with Crippen LogP contribution in [0.5, 0.6) is 0 Å². The van der Waals surface area contributed by atoms with E-state index in [1.807, 2.05) is 0 Å². The molecule has 68 heavy (non-hydrogen) atoms. The topological polar surface area (TPSA) is 0 Å². The molecule has 0 atom stereocenters. The van der Waals surface area contributed by atoms with Gasteiger partial charge < -0.3 is 0 Å². The van der Waals surface area contributed by atoms with Crippen molar-refractivity contribution in [3.63, 3.8) is 0 Å². The van der Waals surface area contributed by atoms with E-state index in [0.29, 0.717) is 33.0 Å². The molecular formula is C68H104. The minimum atomic E-state index is 0.307. The van der Waals surface area contributed by atoms with Crippen molar-refractivity contribution in [3.8, 4) is 0 Å². The molecule has 0 nitrogen and oxygen atoms in total. The molecule has 5 aromatic carbocycles. The molecule has 1 saturated carbocycles. The van der Waals surface area contributed by atoms with Gasteiger partial charge in [0.25, 0.3) is 0 Å². The van der Waals surface area contributed by atoms with Crippen LogP contribution in [0.3, 0.4) is 0 Å². The fourth-order valence-corrected chi connectivity index (χ4v) is 9.10. The minimum absolute atomic E-state index is 0.307. The molecule has 0 heteroatoms.